The molecule has 1 unspecified atom stereocenters. The Balaban J connectivity index is 1.60. The summed E-state index contributed by atoms with van der Waals surface area (Å²) in [7, 11) is 0. The van der Waals surface area contributed by atoms with Gasteiger partial charge in [0, 0.05) is 50.5 Å². The van der Waals surface area contributed by atoms with Crippen LogP contribution in [0, 0.1) is 15.9 Å². The van der Waals surface area contributed by atoms with Crippen LogP contribution in [0.2, 0.25) is 0 Å². The molecular formula is C20H21F4N3O3. The van der Waals surface area contributed by atoms with Gasteiger partial charge in [-0.1, -0.05) is 12.1 Å². The summed E-state index contributed by atoms with van der Waals surface area (Å²) in [5, 5.41) is 21.1. The number of non-ortho nitro benzene ring substituents is 1. The molecule has 1 heterocycles. The third-order valence-electron chi connectivity index (χ3n) is 5.18. The fraction of sp³-hybridized carbons (Fsp3) is 0.400. The molecule has 3 rings (SSSR count). The van der Waals surface area contributed by atoms with Crippen LogP contribution >= 0.6 is 0 Å². The predicted octanol–water partition coefficient (Wildman–Crippen LogP) is 4.00. The molecule has 6 nitrogen and oxygen atoms in total. The highest BCUT2D eigenvalue weighted by molar-refractivity contribution is 5.59. The van der Waals surface area contributed by atoms with E-state index in [1.807, 2.05) is 4.90 Å². The van der Waals surface area contributed by atoms with E-state index in [1.165, 1.54) is 24.3 Å². The van der Waals surface area contributed by atoms with Gasteiger partial charge >= 0.3 is 6.18 Å². The number of anilines is 1. The summed E-state index contributed by atoms with van der Waals surface area (Å²) in [5.74, 6) is -0.383. The molecule has 10 heteroatoms. The number of aliphatic hydroxyl groups is 1. The predicted molar refractivity (Wildman–Crippen MR) is 103 cm³/mol. The second-order valence-electron chi connectivity index (χ2n) is 7.14. The van der Waals surface area contributed by atoms with Crippen LogP contribution in [0.25, 0.3) is 0 Å². The van der Waals surface area contributed by atoms with E-state index in [4.69, 9.17) is 0 Å². The van der Waals surface area contributed by atoms with Crippen LogP contribution in [0.15, 0.2) is 42.5 Å². The minimum Gasteiger partial charge on any atom is -0.388 e. The summed E-state index contributed by atoms with van der Waals surface area (Å²) in [6.07, 6.45) is -5.04. The van der Waals surface area contributed by atoms with Crippen molar-refractivity contribution in [3.05, 3.63) is 69.5 Å². The Kier molecular flexibility index (Phi) is 6.57. The lowest BCUT2D eigenvalue weighted by Gasteiger charge is -2.37. The van der Waals surface area contributed by atoms with E-state index in [1.54, 1.807) is 4.90 Å². The first-order valence-corrected chi connectivity index (χ1v) is 9.41. The van der Waals surface area contributed by atoms with Crippen molar-refractivity contribution in [3.8, 4) is 0 Å². The Hall–Kier alpha value is -2.72. The highest BCUT2D eigenvalue weighted by Gasteiger charge is 2.37. The molecule has 1 aliphatic rings. The van der Waals surface area contributed by atoms with Crippen LogP contribution < -0.4 is 4.90 Å². The van der Waals surface area contributed by atoms with E-state index in [-0.39, 0.29) is 11.5 Å². The Bertz CT molecular complexity index is 882. The zero-order valence-corrected chi connectivity index (χ0v) is 16.0. The summed E-state index contributed by atoms with van der Waals surface area (Å²) in [6, 6.07) is 8.39. The van der Waals surface area contributed by atoms with Crippen molar-refractivity contribution in [1.29, 1.82) is 0 Å². The second-order valence-corrected chi connectivity index (χ2v) is 7.14. The molecule has 1 fully saturated rings. The summed E-state index contributed by atoms with van der Waals surface area (Å²) in [4.78, 5) is 13.6. The molecule has 0 radical (unpaired) electrons. The molecule has 0 aromatic heterocycles. The van der Waals surface area contributed by atoms with Crippen LogP contribution in [0.1, 0.15) is 23.7 Å². The van der Waals surface area contributed by atoms with Gasteiger partial charge < -0.3 is 10.0 Å². The lowest BCUT2D eigenvalue weighted by molar-refractivity contribution is -0.385. The van der Waals surface area contributed by atoms with Crippen LogP contribution in [-0.2, 0) is 6.18 Å². The Labute approximate surface area is 170 Å². The fourth-order valence-corrected chi connectivity index (χ4v) is 3.51. The van der Waals surface area contributed by atoms with E-state index in [0.29, 0.717) is 50.8 Å². The minimum atomic E-state index is -4.70. The van der Waals surface area contributed by atoms with Crippen molar-refractivity contribution in [2.75, 3.05) is 37.6 Å². The number of alkyl halides is 3. The molecule has 0 amide bonds. The maximum absolute atomic E-state index is 13.4. The molecule has 2 aromatic carbocycles. The molecule has 0 aliphatic carbocycles. The van der Waals surface area contributed by atoms with Crippen molar-refractivity contribution < 1.29 is 27.6 Å². The van der Waals surface area contributed by atoms with Crippen molar-refractivity contribution in [2.24, 2.45) is 0 Å². The summed E-state index contributed by atoms with van der Waals surface area (Å²) in [5.41, 5.74) is -1.08. The molecule has 0 saturated carbocycles. The third kappa shape index (κ3) is 5.25. The standard InChI is InChI=1S/C20H21F4N3O3/c21-15-3-1-14(2-4-15)19(28)7-8-25-9-11-26(12-10-25)18-6-5-16(27(29)30)13-17(18)20(22,23)24/h1-6,13,19,28H,7-12H2. The minimum absolute atomic E-state index is 0.0703. The quantitative estimate of drug-likeness (QED) is 0.429. The molecule has 0 bridgehead atoms. The van der Waals surface area contributed by atoms with E-state index < -0.39 is 28.5 Å². The normalized spacial score (nSPS) is 16.5. The van der Waals surface area contributed by atoms with Gasteiger partial charge in [-0.25, -0.2) is 4.39 Å². The van der Waals surface area contributed by atoms with Gasteiger partial charge in [0.2, 0.25) is 0 Å². The van der Waals surface area contributed by atoms with E-state index in [9.17, 15) is 32.8 Å². The fourth-order valence-electron chi connectivity index (χ4n) is 3.51. The summed E-state index contributed by atoms with van der Waals surface area (Å²) >= 11 is 0. The number of nitro groups is 1. The maximum atomic E-state index is 13.4. The van der Waals surface area contributed by atoms with Gasteiger partial charge in [-0.05, 0) is 30.2 Å². The molecule has 0 spiro atoms. The Morgan fingerprint density at radius 2 is 1.70 bits per heavy atom. The molecular weight excluding hydrogens is 406 g/mol. The average Bonchev–Trinajstić information content (AvgIpc) is 2.72. The first-order chi connectivity index (χ1) is 14.1. The topological polar surface area (TPSA) is 69.9 Å². The van der Waals surface area contributed by atoms with Gasteiger partial charge in [-0.3, -0.25) is 15.0 Å². The van der Waals surface area contributed by atoms with Crippen molar-refractivity contribution in [2.45, 2.75) is 18.7 Å². The summed E-state index contributed by atoms with van der Waals surface area (Å²) in [6.45, 7) is 2.18. The van der Waals surface area contributed by atoms with E-state index in [2.05, 4.69) is 0 Å². The lowest BCUT2D eigenvalue weighted by Crippen LogP contribution is -2.47. The van der Waals surface area contributed by atoms with Gasteiger partial charge in [0.25, 0.3) is 5.69 Å². The molecule has 1 atom stereocenters. The first-order valence-electron chi connectivity index (χ1n) is 9.41. The number of nitrogens with zero attached hydrogens (tertiary/aromatic N) is 3. The number of nitro benzene ring substituents is 1. The third-order valence-corrected chi connectivity index (χ3v) is 5.18. The highest BCUT2D eigenvalue weighted by Crippen LogP contribution is 2.39. The van der Waals surface area contributed by atoms with E-state index >= 15 is 0 Å². The van der Waals surface area contributed by atoms with Gasteiger partial charge in [0.1, 0.15) is 5.82 Å². The van der Waals surface area contributed by atoms with Crippen LogP contribution in [0.3, 0.4) is 0 Å². The number of halogens is 4. The molecule has 162 valence electrons. The van der Waals surface area contributed by atoms with Crippen LogP contribution in [-0.4, -0.2) is 47.7 Å². The zero-order valence-electron chi connectivity index (χ0n) is 16.0. The number of aliphatic hydroxyl groups excluding tert-OH is 1. The number of hydrogen-bond acceptors (Lipinski definition) is 5. The van der Waals surface area contributed by atoms with Crippen molar-refractivity contribution in [1.82, 2.24) is 4.90 Å². The zero-order chi connectivity index (χ0) is 21.9. The maximum Gasteiger partial charge on any atom is 0.418 e. The van der Waals surface area contributed by atoms with Gasteiger partial charge in [0.15, 0.2) is 0 Å². The summed E-state index contributed by atoms with van der Waals surface area (Å²) < 4.78 is 53.2. The number of piperazine rings is 1. The molecule has 1 N–H and O–H groups in total. The SMILES string of the molecule is O=[N+]([O-])c1ccc(N2CCN(CCC(O)c3ccc(F)cc3)CC2)c(C(F)(F)F)c1. The monoisotopic (exact) mass is 427 g/mol. The van der Waals surface area contributed by atoms with Crippen LogP contribution in [0.5, 0.6) is 0 Å². The Morgan fingerprint density at radius 3 is 2.27 bits per heavy atom. The smallest absolute Gasteiger partial charge is 0.388 e. The first kappa shape index (κ1) is 22.0. The van der Waals surface area contributed by atoms with Gasteiger partial charge in [-0.15, -0.1) is 0 Å². The van der Waals surface area contributed by atoms with Crippen molar-refractivity contribution >= 4 is 11.4 Å². The van der Waals surface area contributed by atoms with E-state index in [0.717, 1.165) is 12.1 Å². The molecule has 1 aliphatic heterocycles. The second kappa shape index (κ2) is 8.97. The molecule has 2 aromatic rings. The van der Waals surface area contributed by atoms with Crippen molar-refractivity contribution in [3.63, 3.8) is 0 Å². The number of hydrogen-bond donors (Lipinski definition) is 1. The highest BCUT2D eigenvalue weighted by atomic mass is 19.4. The van der Waals surface area contributed by atoms with Gasteiger partial charge in [-0.2, -0.15) is 13.2 Å². The Morgan fingerprint density at radius 1 is 1.07 bits per heavy atom. The number of rotatable bonds is 6. The molecule has 1 saturated heterocycles. The lowest BCUT2D eigenvalue weighted by atomic mass is 10.1. The average molecular weight is 427 g/mol. The molecule has 30 heavy (non-hydrogen) atoms. The largest absolute Gasteiger partial charge is 0.418 e. The van der Waals surface area contributed by atoms with Gasteiger partial charge in [0.05, 0.1) is 16.6 Å². The number of benzene rings is 2. The van der Waals surface area contributed by atoms with Crippen LogP contribution in [0.4, 0.5) is 28.9 Å².